The summed E-state index contributed by atoms with van der Waals surface area (Å²) in [5.74, 6) is 0. The maximum atomic E-state index is 5.18. The molecule has 0 spiro atoms. The number of hydrogen-bond acceptors (Lipinski definition) is 3. The third kappa shape index (κ3) is 7.20. The van der Waals surface area contributed by atoms with Crippen molar-refractivity contribution in [2.75, 3.05) is 27.3 Å². The van der Waals surface area contributed by atoms with E-state index in [-0.39, 0.29) is 5.54 Å². The molecule has 0 aliphatic rings. The molecule has 2 atom stereocenters. The summed E-state index contributed by atoms with van der Waals surface area (Å²) in [6.45, 7) is 13.0. The van der Waals surface area contributed by atoms with E-state index < -0.39 is 0 Å². The Labute approximate surface area is 102 Å². The van der Waals surface area contributed by atoms with Gasteiger partial charge in [0, 0.05) is 24.7 Å². The Bertz CT molecular complexity index is 177. The predicted molar refractivity (Wildman–Crippen MR) is 70.9 cm³/mol. The van der Waals surface area contributed by atoms with Gasteiger partial charge in [-0.05, 0) is 54.6 Å². The van der Waals surface area contributed by atoms with Crippen LogP contribution in [0.1, 0.15) is 41.0 Å². The van der Waals surface area contributed by atoms with Crippen LogP contribution in [0.5, 0.6) is 0 Å². The number of nitrogens with zero attached hydrogens (tertiary/aromatic N) is 1. The summed E-state index contributed by atoms with van der Waals surface area (Å²) in [5, 5.41) is 3.52. The van der Waals surface area contributed by atoms with Crippen molar-refractivity contribution in [3.05, 3.63) is 0 Å². The second kappa shape index (κ2) is 7.25. The van der Waals surface area contributed by atoms with Crippen LogP contribution in [0.3, 0.4) is 0 Å². The molecule has 98 valence electrons. The molecule has 3 nitrogen and oxygen atoms in total. The van der Waals surface area contributed by atoms with Crippen molar-refractivity contribution in [3.63, 3.8) is 0 Å². The van der Waals surface area contributed by atoms with Crippen molar-refractivity contribution in [1.29, 1.82) is 0 Å². The molecule has 1 N–H and O–H groups in total. The minimum atomic E-state index is 0.219. The fourth-order valence-corrected chi connectivity index (χ4v) is 1.65. The maximum absolute atomic E-state index is 5.18. The topological polar surface area (TPSA) is 24.5 Å². The van der Waals surface area contributed by atoms with Crippen LogP contribution in [0.4, 0.5) is 0 Å². The number of methoxy groups -OCH3 is 1. The smallest absolute Gasteiger partial charge is 0.0615 e. The van der Waals surface area contributed by atoms with Gasteiger partial charge < -0.3 is 10.1 Å². The van der Waals surface area contributed by atoms with Crippen molar-refractivity contribution in [2.45, 2.75) is 58.7 Å². The highest BCUT2D eigenvalue weighted by Crippen LogP contribution is 2.07. The van der Waals surface area contributed by atoms with Gasteiger partial charge in [0.25, 0.3) is 0 Å². The van der Waals surface area contributed by atoms with Crippen LogP contribution in [0, 0.1) is 0 Å². The molecule has 16 heavy (non-hydrogen) atoms. The fraction of sp³-hybridized carbons (Fsp3) is 1.00. The summed E-state index contributed by atoms with van der Waals surface area (Å²) >= 11 is 0. The Balaban J connectivity index is 3.83. The first kappa shape index (κ1) is 15.9. The first-order chi connectivity index (χ1) is 7.28. The van der Waals surface area contributed by atoms with E-state index >= 15 is 0 Å². The molecule has 0 aliphatic carbocycles. The summed E-state index contributed by atoms with van der Waals surface area (Å²) in [4.78, 5) is 2.38. The normalized spacial score (nSPS) is 16.5. The molecule has 0 heterocycles. The van der Waals surface area contributed by atoms with Crippen molar-refractivity contribution in [3.8, 4) is 0 Å². The summed E-state index contributed by atoms with van der Waals surface area (Å²) in [7, 11) is 3.93. The Morgan fingerprint density at radius 1 is 1.19 bits per heavy atom. The van der Waals surface area contributed by atoms with E-state index in [1.165, 1.54) is 6.42 Å². The van der Waals surface area contributed by atoms with E-state index in [4.69, 9.17) is 4.74 Å². The molecule has 0 amide bonds. The molecule has 0 rings (SSSR count). The highest BCUT2D eigenvalue weighted by molar-refractivity contribution is 4.74. The van der Waals surface area contributed by atoms with Gasteiger partial charge in [0.1, 0.15) is 0 Å². The largest absolute Gasteiger partial charge is 0.383 e. The first-order valence-corrected chi connectivity index (χ1v) is 6.24. The van der Waals surface area contributed by atoms with Gasteiger partial charge in [-0.15, -0.1) is 0 Å². The van der Waals surface area contributed by atoms with Crippen LogP contribution in [0.25, 0.3) is 0 Å². The van der Waals surface area contributed by atoms with Crippen LogP contribution in [0.15, 0.2) is 0 Å². The third-order valence-corrected chi connectivity index (χ3v) is 3.02. The first-order valence-electron chi connectivity index (χ1n) is 6.24. The van der Waals surface area contributed by atoms with Crippen molar-refractivity contribution in [2.24, 2.45) is 0 Å². The molecule has 0 radical (unpaired) electrons. The second-order valence-electron chi connectivity index (χ2n) is 5.78. The SMILES string of the molecule is COCC(C)N(C)C(C)CCNC(C)(C)C. The zero-order valence-corrected chi connectivity index (χ0v) is 12.1. The van der Waals surface area contributed by atoms with Crippen LogP contribution in [-0.2, 0) is 4.74 Å². The monoisotopic (exact) mass is 230 g/mol. The Hall–Kier alpha value is -0.120. The van der Waals surface area contributed by atoms with Crippen LogP contribution in [-0.4, -0.2) is 49.8 Å². The average molecular weight is 230 g/mol. The minimum absolute atomic E-state index is 0.219. The van der Waals surface area contributed by atoms with Gasteiger partial charge in [0.15, 0.2) is 0 Å². The third-order valence-electron chi connectivity index (χ3n) is 3.02. The van der Waals surface area contributed by atoms with Gasteiger partial charge in [0.2, 0.25) is 0 Å². The zero-order valence-electron chi connectivity index (χ0n) is 12.1. The highest BCUT2D eigenvalue weighted by Gasteiger charge is 2.16. The van der Waals surface area contributed by atoms with Crippen LogP contribution in [0.2, 0.25) is 0 Å². The molecule has 0 aromatic heterocycles. The zero-order chi connectivity index (χ0) is 12.8. The van der Waals surface area contributed by atoms with Gasteiger partial charge in [-0.3, -0.25) is 4.90 Å². The fourth-order valence-electron chi connectivity index (χ4n) is 1.65. The molecule has 0 bridgehead atoms. The lowest BCUT2D eigenvalue weighted by atomic mass is 10.1. The molecule has 0 aromatic carbocycles. The number of nitrogens with one attached hydrogen (secondary N) is 1. The number of likely N-dealkylation sites (N-methyl/N-ethyl adjacent to an activating group) is 1. The number of rotatable bonds is 7. The van der Waals surface area contributed by atoms with Crippen molar-refractivity contribution >= 4 is 0 Å². The number of hydrogen-bond donors (Lipinski definition) is 1. The number of ether oxygens (including phenoxy) is 1. The Morgan fingerprint density at radius 3 is 2.19 bits per heavy atom. The van der Waals surface area contributed by atoms with E-state index in [1.807, 2.05) is 0 Å². The second-order valence-corrected chi connectivity index (χ2v) is 5.78. The quantitative estimate of drug-likeness (QED) is 0.725. The van der Waals surface area contributed by atoms with E-state index in [0.29, 0.717) is 12.1 Å². The molecular formula is C13H30N2O. The van der Waals surface area contributed by atoms with Crippen LogP contribution >= 0.6 is 0 Å². The van der Waals surface area contributed by atoms with Gasteiger partial charge >= 0.3 is 0 Å². The van der Waals surface area contributed by atoms with Gasteiger partial charge in [-0.25, -0.2) is 0 Å². The van der Waals surface area contributed by atoms with E-state index in [2.05, 4.69) is 51.9 Å². The molecule has 0 fully saturated rings. The van der Waals surface area contributed by atoms with E-state index in [1.54, 1.807) is 7.11 Å². The molecular weight excluding hydrogens is 200 g/mol. The Morgan fingerprint density at radius 2 is 1.75 bits per heavy atom. The minimum Gasteiger partial charge on any atom is -0.383 e. The lowest BCUT2D eigenvalue weighted by Gasteiger charge is -2.31. The van der Waals surface area contributed by atoms with Crippen molar-refractivity contribution in [1.82, 2.24) is 10.2 Å². The summed E-state index contributed by atoms with van der Waals surface area (Å²) in [6, 6.07) is 1.06. The van der Waals surface area contributed by atoms with Gasteiger partial charge in [0.05, 0.1) is 6.61 Å². The van der Waals surface area contributed by atoms with E-state index in [9.17, 15) is 0 Å². The summed E-state index contributed by atoms with van der Waals surface area (Å²) in [5.41, 5.74) is 0.219. The summed E-state index contributed by atoms with van der Waals surface area (Å²) in [6.07, 6.45) is 1.17. The lowest BCUT2D eigenvalue weighted by molar-refractivity contribution is 0.0908. The van der Waals surface area contributed by atoms with Crippen molar-refractivity contribution < 1.29 is 4.74 Å². The molecule has 0 aliphatic heterocycles. The predicted octanol–water partition coefficient (Wildman–Crippen LogP) is 2.12. The maximum Gasteiger partial charge on any atom is 0.0615 e. The highest BCUT2D eigenvalue weighted by atomic mass is 16.5. The summed E-state index contributed by atoms with van der Waals surface area (Å²) < 4.78 is 5.18. The molecule has 3 heteroatoms. The lowest BCUT2D eigenvalue weighted by Crippen LogP contribution is -2.43. The van der Waals surface area contributed by atoms with Gasteiger partial charge in [-0.1, -0.05) is 0 Å². The molecule has 2 unspecified atom stereocenters. The molecule has 0 saturated heterocycles. The molecule has 0 aromatic rings. The van der Waals surface area contributed by atoms with Gasteiger partial charge in [-0.2, -0.15) is 0 Å². The molecule has 0 saturated carbocycles. The average Bonchev–Trinajstić information content (AvgIpc) is 2.14. The standard InChI is InChI=1S/C13H30N2O/c1-11(8-9-14-13(3,4)5)15(6)12(2)10-16-7/h11-12,14H,8-10H2,1-7H3. The van der Waals surface area contributed by atoms with E-state index in [0.717, 1.165) is 13.2 Å². The Kier molecular flexibility index (Phi) is 7.20. The van der Waals surface area contributed by atoms with Crippen LogP contribution < -0.4 is 5.32 Å².